The third-order valence-corrected chi connectivity index (χ3v) is 3.24. The van der Waals surface area contributed by atoms with Crippen LogP contribution in [0.25, 0.3) is 11.0 Å². The second-order valence-corrected chi connectivity index (χ2v) is 4.75. The van der Waals surface area contributed by atoms with Gasteiger partial charge in [-0.1, -0.05) is 35.0 Å². The molecule has 1 heterocycles. The van der Waals surface area contributed by atoms with Crippen LogP contribution in [0.3, 0.4) is 0 Å². The molecule has 0 bridgehead atoms. The molecular formula is C15H16N4. The number of rotatable bonds is 3. The number of benzene rings is 2. The SMILES string of the molecule is Cc1ccc(N(C)Cn2nnc3ccccc32)cc1. The lowest BCUT2D eigenvalue weighted by atomic mass is 10.2. The molecule has 0 radical (unpaired) electrons. The predicted octanol–water partition coefficient (Wildman–Crippen LogP) is 2.83. The number of nitrogens with zero attached hydrogens (tertiary/aromatic N) is 4. The van der Waals surface area contributed by atoms with E-state index in [1.54, 1.807) is 0 Å². The molecule has 96 valence electrons. The second-order valence-electron chi connectivity index (χ2n) is 4.75. The molecule has 4 heteroatoms. The van der Waals surface area contributed by atoms with E-state index in [-0.39, 0.29) is 0 Å². The van der Waals surface area contributed by atoms with Crippen LogP contribution in [0.4, 0.5) is 5.69 Å². The van der Waals surface area contributed by atoms with Gasteiger partial charge in [-0.15, -0.1) is 5.10 Å². The largest absolute Gasteiger partial charge is 0.355 e. The van der Waals surface area contributed by atoms with Crippen molar-refractivity contribution < 1.29 is 0 Å². The maximum atomic E-state index is 4.20. The molecule has 1 aromatic heterocycles. The van der Waals surface area contributed by atoms with Crippen molar-refractivity contribution in [2.45, 2.75) is 13.6 Å². The molecule has 3 aromatic rings. The first kappa shape index (κ1) is 11.7. The normalized spacial score (nSPS) is 10.8. The Morgan fingerprint density at radius 1 is 1.05 bits per heavy atom. The van der Waals surface area contributed by atoms with E-state index in [0.29, 0.717) is 6.67 Å². The smallest absolute Gasteiger partial charge is 0.114 e. The summed E-state index contributed by atoms with van der Waals surface area (Å²) in [6.45, 7) is 2.78. The molecule has 0 spiro atoms. The Labute approximate surface area is 112 Å². The highest BCUT2D eigenvalue weighted by Crippen LogP contribution is 2.16. The summed E-state index contributed by atoms with van der Waals surface area (Å²) >= 11 is 0. The van der Waals surface area contributed by atoms with Gasteiger partial charge in [-0.25, -0.2) is 4.68 Å². The van der Waals surface area contributed by atoms with Gasteiger partial charge in [0.05, 0.1) is 5.52 Å². The van der Waals surface area contributed by atoms with Crippen LogP contribution in [0.5, 0.6) is 0 Å². The molecule has 0 aliphatic carbocycles. The minimum atomic E-state index is 0.684. The van der Waals surface area contributed by atoms with Crippen LogP contribution in [0.1, 0.15) is 5.56 Å². The highest BCUT2D eigenvalue weighted by Gasteiger charge is 2.06. The molecule has 0 saturated carbocycles. The van der Waals surface area contributed by atoms with Gasteiger partial charge in [0.25, 0.3) is 0 Å². The average Bonchev–Trinajstić information content (AvgIpc) is 2.83. The first-order valence-corrected chi connectivity index (χ1v) is 6.30. The van der Waals surface area contributed by atoms with Crippen LogP contribution in [0.2, 0.25) is 0 Å². The second kappa shape index (κ2) is 4.72. The number of hydrogen-bond donors (Lipinski definition) is 0. The number of fused-ring (bicyclic) bond motifs is 1. The van der Waals surface area contributed by atoms with Gasteiger partial charge in [0, 0.05) is 12.7 Å². The molecule has 0 N–H and O–H groups in total. The Morgan fingerprint density at radius 3 is 2.58 bits per heavy atom. The number of hydrogen-bond acceptors (Lipinski definition) is 3. The van der Waals surface area contributed by atoms with Gasteiger partial charge in [0.2, 0.25) is 0 Å². The summed E-state index contributed by atoms with van der Waals surface area (Å²) in [6, 6.07) is 16.5. The third-order valence-electron chi connectivity index (χ3n) is 3.24. The van der Waals surface area contributed by atoms with Crippen molar-refractivity contribution in [3.8, 4) is 0 Å². The summed E-state index contributed by atoms with van der Waals surface area (Å²) in [4.78, 5) is 2.15. The van der Waals surface area contributed by atoms with Crippen molar-refractivity contribution in [1.82, 2.24) is 15.0 Å². The average molecular weight is 252 g/mol. The molecule has 4 nitrogen and oxygen atoms in total. The van der Waals surface area contributed by atoms with Crippen LogP contribution >= 0.6 is 0 Å². The zero-order valence-corrected chi connectivity index (χ0v) is 11.1. The summed E-state index contributed by atoms with van der Waals surface area (Å²) in [7, 11) is 2.06. The zero-order chi connectivity index (χ0) is 13.2. The van der Waals surface area contributed by atoms with Crippen LogP contribution in [0.15, 0.2) is 48.5 Å². The zero-order valence-electron chi connectivity index (χ0n) is 11.1. The molecule has 2 aromatic carbocycles. The Bertz CT molecular complexity index is 685. The van der Waals surface area contributed by atoms with Crippen molar-refractivity contribution in [3.05, 3.63) is 54.1 Å². The number of anilines is 1. The fourth-order valence-corrected chi connectivity index (χ4v) is 2.10. The predicted molar refractivity (Wildman–Crippen MR) is 77.1 cm³/mol. The van der Waals surface area contributed by atoms with E-state index in [4.69, 9.17) is 0 Å². The highest BCUT2D eigenvalue weighted by molar-refractivity contribution is 5.73. The Balaban J connectivity index is 1.86. The molecule has 0 atom stereocenters. The lowest BCUT2D eigenvalue weighted by Gasteiger charge is -2.19. The molecule has 0 aliphatic rings. The molecule has 3 rings (SSSR count). The first-order chi connectivity index (χ1) is 9.24. The van der Waals surface area contributed by atoms with Crippen molar-refractivity contribution >= 4 is 16.7 Å². The van der Waals surface area contributed by atoms with Crippen molar-refractivity contribution in [1.29, 1.82) is 0 Å². The molecule has 0 unspecified atom stereocenters. The minimum absolute atomic E-state index is 0.684. The molecule has 0 aliphatic heterocycles. The van der Waals surface area contributed by atoms with E-state index in [9.17, 15) is 0 Å². The van der Waals surface area contributed by atoms with Gasteiger partial charge >= 0.3 is 0 Å². The number of aryl methyl sites for hydroxylation is 1. The summed E-state index contributed by atoms with van der Waals surface area (Å²) in [5.41, 5.74) is 4.43. The fraction of sp³-hybridized carbons (Fsp3) is 0.200. The van der Waals surface area contributed by atoms with Crippen LogP contribution in [-0.4, -0.2) is 22.0 Å². The molecule has 0 fully saturated rings. The Morgan fingerprint density at radius 2 is 1.79 bits per heavy atom. The van der Waals surface area contributed by atoms with Crippen molar-refractivity contribution in [2.75, 3.05) is 11.9 Å². The molecule has 0 saturated heterocycles. The molecule has 0 amide bonds. The topological polar surface area (TPSA) is 34.0 Å². The summed E-state index contributed by atoms with van der Waals surface area (Å²) in [5, 5.41) is 8.37. The van der Waals surface area contributed by atoms with Gasteiger partial charge in [-0.2, -0.15) is 0 Å². The van der Waals surface area contributed by atoms with Gasteiger partial charge in [0.15, 0.2) is 0 Å². The number of aromatic nitrogens is 3. The summed E-state index contributed by atoms with van der Waals surface area (Å²) in [6.07, 6.45) is 0. The van der Waals surface area contributed by atoms with Gasteiger partial charge in [-0.3, -0.25) is 0 Å². The first-order valence-electron chi connectivity index (χ1n) is 6.30. The van der Waals surface area contributed by atoms with Crippen LogP contribution in [-0.2, 0) is 6.67 Å². The monoisotopic (exact) mass is 252 g/mol. The lowest BCUT2D eigenvalue weighted by Crippen LogP contribution is -2.22. The van der Waals surface area contributed by atoms with E-state index >= 15 is 0 Å². The lowest BCUT2D eigenvalue weighted by molar-refractivity contribution is 0.600. The standard InChI is InChI=1S/C15H16N4/c1-12-7-9-13(10-8-12)18(2)11-19-15-6-4-3-5-14(15)16-17-19/h3-10H,11H2,1-2H3. The fourth-order valence-electron chi connectivity index (χ4n) is 2.10. The van der Waals surface area contributed by atoms with Crippen molar-refractivity contribution in [3.63, 3.8) is 0 Å². The summed E-state index contributed by atoms with van der Waals surface area (Å²) in [5.74, 6) is 0. The molecular weight excluding hydrogens is 236 g/mol. The molecule has 19 heavy (non-hydrogen) atoms. The summed E-state index contributed by atoms with van der Waals surface area (Å²) < 4.78 is 1.91. The van der Waals surface area contributed by atoms with Crippen LogP contribution in [0, 0.1) is 6.92 Å². The maximum Gasteiger partial charge on any atom is 0.114 e. The van der Waals surface area contributed by atoms with Crippen LogP contribution < -0.4 is 4.90 Å². The van der Waals surface area contributed by atoms with Gasteiger partial charge < -0.3 is 4.90 Å². The highest BCUT2D eigenvalue weighted by atomic mass is 15.5. The Hall–Kier alpha value is -2.36. The van der Waals surface area contributed by atoms with E-state index in [1.165, 1.54) is 11.3 Å². The van der Waals surface area contributed by atoms with E-state index in [0.717, 1.165) is 11.0 Å². The number of para-hydroxylation sites is 1. The minimum Gasteiger partial charge on any atom is -0.355 e. The van der Waals surface area contributed by atoms with E-state index < -0.39 is 0 Å². The van der Waals surface area contributed by atoms with Crippen molar-refractivity contribution in [2.24, 2.45) is 0 Å². The van der Waals surface area contributed by atoms with E-state index in [1.807, 2.05) is 28.9 Å². The maximum absolute atomic E-state index is 4.20. The van der Waals surface area contributed by atoms with Gasteiger partial charge in [-0.05, 0) is 31.2 Å². The third kappa shape index (κ3) is 2.29. The quantitative estimate of drug-likeness (QED) is 0.718. The Kier molecular flexibility index (Phi) is 2.91. The van der Waals surface area contributed by atoms with E-state index in [2.05, 4.69) is 53.4 Å². The van der Waals surface area contributed by atoms with Gasteiger partial charge in [0.1, 0.15) is 12.2 Å².